The fraction of sp³-hybridized carbons (Fsp3) is 0.120. The number of aryl methyl sites for hydroxylation is 1. The van der Waals surface area contributed by atoms with E-state index in [0.29, 0.717) is 18.7 Å². The number of hydrogen-bond donors (Lipinski definition) is 0. The Morgan fingerprint density at radius 1 is 1.15 bits per heavy atom. The molecule has 0 unspecified atom stereocenters. The van der Waals surface area contributed by atoms with Gasteiger partial charge < -0.3 is 9.64 Å². The molecule has 0 bridgehead atoms. The Labute approximate surface area is 189 Å². The summed E-state index contributed by atoms with van der Waals surface area (Å²) in [5.41, 5.74) is 3.83. The fourth-order valence-electron chi connectivity index (χ4n) is 3.87. The Morgan fingerprint density at radius 3 is 2.73 bits per heavy atom. The Balaban J connectivity index is 1.37. The first-order valence-corrected chi connectivity index (χ1v) is 10.2. The lowest BCUT2D eigenvalue weighted by Gasteiger charge is -2.16. The third kappa shape index (κ3) is 3.81. The van der Waals surface area contributed by atoms with Crippen molar-refractivity contribution in [3.05, 3.63) is 95.2 Å². The molecule has 0 atom stereocenters. The van der Waals surface area contributed by atoms with Gasteiger partial charge in [-0.15, -0.1) is 0 Å². The first-order chi connectivity index (χ1) is 16.0. The van der Waals surface area contributed by atoms with E-state index in [9.17, 15) is 14.4 Å². The smallest absolute Gasteiger partial charge is 0.258 e. The van der Waals surface area contributed by atoms with Gasteiger partial charge in [-0.25, -0.2) is 4.39 Å². The van der Waals surface area contributed by atoms with Crippen LogP contribution in [0, 0.1) is 17.1 Å². The van der Waals surface area contributed by atoms with Gasteiger partial charge in [0.05, 0.1) is 23.0 Å². The molecular weight excluding hydrogens is 421 g/mol. The number of ether oxygens (including phenoxy) is 1. The van der Waals surface area contributed by atoms with Gasteiger partial charge in [0.1, 0.15) is 11.8 Å². The van der Waals surface area contributed by atoms with E-state index in [0.717, 1.165) is 22.4 Å². The normalized spacial score (nSPS) is 12.5. The highest BCUT2D eigenvalue weighted by Gasteiger charge is 2.31. The molecule has 0 fully saturated rings. The largest absolute Gasteiger partial charge is 0.452 e. The molecule has 0 radical (unpaired) electrons. The first kappa shape index (κ1) is 20.4. The van der Waals surface area contributed by atoms with E-state index in [1.807, 2.05) is 37.5 Å². The lowest BCUT2D eigenvalue weighted by molar-refractivity contribution is 0.0764. The quantitative estimate of drug-likeness (QED) is 0.459. The van der Waals surface area contributed by atoms with E-state index in [4.69, 9.17) is 4.74 Å². The highest BCUT2D eigenvalue weighted by molar-refractivity contribution is 6.01. The van der Waals surface area contributed by atoms with Gasteiger partial charge in [0.2, 0.25) is 0 Å². The minimum atomic E-state index is -0.659. The molecule has 1 amide bonds. The van der Waals surface area contributed by atoms with Crippen LogP contribution < -0.4 is 4.74 Å². The number of nitriles is 1. The second-order valence-electron chi connectivity index (χ2n) is 7.74. The van der Waals surface area contributed by atoms with Crippen molar-refractivity contribution in [3.63, 3.8) is 0 Å². The Morgan fingerprint density at radius 2 is 2.00 bits per heavy atom. The molecule has 0 saturated heterocycles. The third-order valence-corrected chi connectivity index (χ3v) is 5.47. The number of hydrogen-bond acceptors (Lipinski definition) is 5. The number of carbonyl (C=O) groups is 1. The molecule has 3 heterocycles. The summed E-state index contributed by atoms with van der Waals surface area (Å²) in [6.45, 7) is 0.772. The molecule has 8 heteroatoms. The van der Waals surface area contributed by atoms with Gasteiger partial charge in [0.25, 0.3) is 5.91 Å². The van der Waals surface area contributed by atoms with Gasteiger partial charge in [-0.1, -0.05) is 24.3 Å². The van der Waals surface area contributed by atoms with Gasteiger partial charge in [0.15, 0.2) is 11.6 Å². The van der Waals surface area contributed by atoms with E-state index in [-0.39, 0.29) is 23.0 Å². The van der Waals surface area contributed by atoms with Crippen LogP contribution in [0.1, 0.15) is 27.0 Å². The maximum Gasteiger partial charge on any atom is 0.258 e. The van der Waals surface area contributed by atoms with Crippen LogP contribution in [0.3, 0.4) is 0 Å². The molecule has 5 rings (SSSR count). The van der Waals surface area contributed by atoms with Crippen LogP contribution in [0.4, 0.5) is 4.39 Å². The van der Waals surface area contributed by atoms with E-state index in [1.54, 1.807) is 34.1 Å². The summed E-state index contributed by atoms with van der Waals surface area (Å²) in [6.07, 6.45) is 5.38. The lowest BCUT2D eigenvalue weighted by atomic mass is 10.1. The lowest BCUT2D eigenvalue weighted by Crippen LogP contribution is -2.23. The van der Waals surface area contributed by atoms with Crippen molar-refractivity contribution in [1.82, 2.24) is 19.7 Å². The van der Waals surface area contributed by atoms with Crippen molar-refractivity contribution in [2.24, 2.45) is 7.05 Å². The molecule has 1 aliphatic heterocycles. The molecular formula is C25H18FN5O2. The van der Waals surface area contributed by atoms with Crippen molar-refractivity contribution in [2.75, 3.05) is 0 Å². The van der Waals surface area contributed by atoms with E-state index in [2.05, 4.69) is 10.1 Å². The minimum Gasteiger partial charge on any atom is -0.452 e. The number of para-hydroxylation sites is 1. The van der Waals surface area contributed by atoms with Gasteiger partial charge in [-0.3, -0.25) is 14.5 Å². The Bertz CT molecular complexity index is 1410. The van der Waals surface area contributed by atoms with Crippen LogP contribution in [0.5, 0.6) is 11.5 Å². The number of benzene rings is 2. The molecule has 0 aliphatic carbocycles. The minimum absolute atomic E-state index is 0.0645. The number of aromatic nitrogens is 3. The highest BCUT2D eigenvalue weighted by atomic mass is 19.1. The van der Waals surface area contributed by atoms with E-state index < -0.39 is 5.82 Å². The van der Waals surface area contributed by atoms with E-state index in [1.165, 1.54) is 18.2 Å². The second kappa shape index (κ2) is 8.20. The van der Waals surface area contributed by atoms with Crippen LogP contribution in [-0.2, 0) is 20.1 Å². The average molecular weight is 439 g/mol. The summed E-state index contributed by atoms with van der Waals surface area (Å²) in [5.74, 6) is -0.831. The van der Waals surface area contributed by atoms with Crippen molar-refractivity contribution in [1.29, 1.82) is 5.26 Å². The highest BCUT2D eigenvalue weighted by Crippen LogP contribution is 2.36. The summed E-state index contributed by atoms with van der Waals surface area (Å²) in [5, 5.41) is 13.4. The second-order valence-corrected chi connectivity index (χ2v) is 7.74. The molecule has 0 N–H and O–H groups in total. The SMILES string of the molecule is Cn1cc(-c2ccc(CN3Cc4cccc(Oc5c(F)cccc5C#N)c4C3=O)cn2)cn1. The zero-order valence-electron chi connectivity index (χ0n) is 17.7. The molecule has 162 valence electrons. The topological polar surface area (TPSA) is 84.0 Å². The summed E-state index contributed by atoms with van der Waals surface area (Å²) >= 11 is 0. The number of fused-ring (bicyclic) bond motifs is 1. The third-order valence-electron chi connectivity index (χ3n) is 5.47. The summed E-state index contributed by atoms with van der Waals surface area (Å²) in [4.78, 5) is 19.4. The molecule has 0 saturated carbocycles. The van der Waals surface area contributed by atoms with Crippen LogP contribution in [0.15, 0.2) is 67.1 Å². The van der Waals surface area contributed by atoms with Crippen molar-refractivity contribution in [3.8, 4) is 28.8 Å². The number of pyridine rings is 1. The average Bonchev–Trinajstić information content (AvgIpc) is 3.39. The summed E-state index contributed by atoms with van der Waals surface area (Å²) in [7, 11) is 1.85. The summed E-state index contributed by atoms with van der Waals surface area (Å²) in [6, 6.07) is 15.1. The number of nitrogens with zero attached hydrogens (tertiary/aromatic N) is 5. The van der Waals surface area contributed by atoms with E-state index >= 15 is 0 Å². The standard InChI is InChI=1S/C25H18FN5O2/c1-30-14-19(12-29-30)21-9-8-16(11-28-21)13-31-15-18-5-3-7-22(23(18)25(31)32)33-24-17(10-27)4-2-6-20(24)26/h2-9,11-12,14H,13,15H2,1H3. The molecule has 33 heavy (non-hydrogen) atoms. The van der Waals surface area contributed by atoms with Crippen LogP contribution in [0.25, 0.3) is 11.3 Å². The molecule has 2 aromatic carbocycles. The monoisotopic (exact) mass is 439 g/mol. The summed E-state index contributed by atoms with van der Waals surface area (Å²) < 4.78 is 21.8. The van der Waals surface area contributed by atoms with Gasteiger partial charge in [-0.05, 0) is 35.4 Å². The van der Waals surface area contributed by atoms with Crippen molar-refractivity contribution in [2.45, 2.75) is 13.1 Å². The number of halogens is 1. The van der Waals surface area contributed by atoms with Crippen LogP contribution in [-0.4, -0.2) is 25.6 Å². The fourth-order valence-corrected chi connectivity index (χ4v) is 3.87. The molecule has 0 spiro atoms. The number of amides is 1. The van der Waals surface area contributed by atoms with Crippen molar-refractivity contribution >= 4 is 5.91 Å². The maximum absolute atomic E-state index is 14.3. The van der Waals surface area contributed by atoms with Crippen LogP contribution >= 0.6 is 0 Å². The molecule has 2 aromatic heterocycles. The predicted molar refractivity (Wildman–Crippen MR) is 118 cm³/mol. The van der Waals surface area contributed by atoms with Gasteiger partial charge >= 0.3 is 0 Å². The van der Waals surface area contributed by atoms with Crippen molar-refractivity contribution < 1.29 is 13.9 Å². The first-order valence-electron chi connectivity index (χ1n) is 10.2. The number of carbonyl (C=O) groups excluding carboxylic acids is 1. The molecule has 1 aliphatic rings. The molecule has 4 aromatic rings. The Kier molecular flexibility index (Phi) is 5.07. The van der Waals surface area contributed by atoms with Crippen LogP contribution in [0.2, 0.25) is 0 Å². The molecule has 7 nitrogen and oxygen atoms in total. The zero-order chi connectivity index (χ0) is 22.9. The predicted octanol–water partition coefficient (Wildman–Crippen LogP) is 4.44. The number of rotatable bonds is 5. The maximum atomic E-state index is 14.3. The zero-order valence-corrected chi connectivity index (χ0v) is 17.7. The van der Waals surface area contributed by atoms with Gasteiger partial charge in [-0.2, -0.15) is 10.4 Å². The van der Waals surface area contributed by atoms with Gasteiger partial charge in [0, 0.05) is 38.1 Å². The Hall–Kier alpha value is -4.51.